The molecule has 4 heteroatoms. The summed E-state index contributed by atoms with van der Waals surface area (Å²) >= 11 is 0. The lowest BCUT2D eigenvalue weighted by Gasteiger charge is -1.99. The molecule has 0 atom stereocenters. The molecule has 0 aliphatic heterocycles. The van der Waals surface area contributed by atoms with Gasteiger partial charge in [-0.2, -0.15) is 5.26 Å². The molecular formula is C10H7NO3. The second-order valence-electron chi connectivity index (χ2n) is 2.54. The molecule has 0 aliphatic carbocycles. The number of aromatic hydroxyl groups is 1. The first-order valence-corrected chi connectivity index (χ1v) is 3.77. The van der Waals surface area contributed by atoms with Crippen LogP contribution in [0.2, 0.25) is 0 Å². The van der Waals surface area contributed by atoms with Crippen molar-refractivity contribution in [1.82, 2.24) is 0 Å². The van der Waals surface area contributed by atoms with Gasteiger partial charge in [-0.1, -0.05) is 6.07 Å². The van der Waals surface area contributed by atoms with Crippen molar-refractivity contribution in [1.29, 1.82) is 5.26 Å². The van der Waals surface area contributed by atoms with Crippen LogP contribution in [0, 0.1) is 11.3 Å². The quantitative estimate of drug-likeness (QED) is 0.692. The zero-order valence-corrected chi connectivity index (χ0v) is 7.14. The van der Waals surface area contributed by atoms with Gasteiger partial charge < -0.3 is 10.2 Å². The molecule has 70 valence electrons. The minimum atomic E-state index is -1.10. The summed E-state index contributed by atoms with van der Waals surface area (Å²) in [5.41, 5.74) is 0.424. The molecule has 0 saturated carbocycles. The standard InChI is InChI=1S/C10H7NO3/c11-5-1-2-7-3-4-8(10(13)14)6-9(7)12/h1-4,6,12H,(H,13,14). The van der Waals surface area contributed by atoms with E-state index in [2.05, 4.69) is 0 Å². The highest BCUT2D eigenvalue weighted by Gasteiger charge is 2.05. The first kappa shape index (κ1) is 9.81. The molecule has 0 unspecified atom stereocenters. The molecule has 0 radical (unpaired) electrons. The van der Waals surface area contributed by atoms with Gasteiger partial charge in [0.1, 0.15) is 5.75 Å². The van der Waals surface area contributed by atoms with Crippen LogP contribution in [0.1, 0.15) is 15.9 Å². The third-order valence-electron chi connectivity index (χ3n) is 1.61. The lowest BCUT2D eigenvalue weighted by atomic mass is 10.1. The summed E-state index contributed by atoms with van der Waals surface area (Å²) in [6.45, 7) is 0. The van der Waals surface area contributed by atoms with Crippen molar-refractivity contribution in [2.24, 2.45) is 0 Å². The predicted molar refractivity (Wildman–Crippen MR) is 49.7 cm³/mol. The van der Waals surface area contributed by atoms with Crippen molar-refractivity contribution >= 4 is 12.0 Å². The number of hydrogen-bond acceptors (Lipinski definition) is 3. The Labute approximate surface area is 80.3 Å². The highest BCUT2D eigenvalue weighted by atomic mass is 16.4. The number of nitriles is 1. The van der Waals surface area contributed by atoms with Gasteiger partial charge in [0.15, 0.2) is 0 Å². The number of hydrogen-bond donors (Lipinski definition) is 2. The molecule has 0 aliphatic rings. The van der Waals surface area contributed by atoms with Crippen molar-refractivity contribution in [2.45, 2.75) is 0 Å². The van der Waals surface area contributed by atoms with E-state index >= 15 is 0 Å². The van der Waals surface area contributed by atoms with Gasteiger partial charge in [0.2, 0.25) is 0 Å². The summed E-state index contributed by atoms with van der Waals surface area (Å²) < 4.78 is 0. The highest BCUT2D eigenvalue weighted by Crippen LogP contribution is 2.20. The second kappa shape index (κ2) is 4.10. The van der Waals surface area contributed by atoms with Gasteiger partial charge in [0.25, 0.3) is 0 Å². The Morgan fingerprint density at radius 2 is 2.21 bits per heavy atom. The van der Waals surface area contributed by atoms with Crippen LogP contribution in [0.4, 0.5) is 0 Å². The van der Waals surface area contributed by atoms with E-state index in [1.807, 2.05) is 0 Å². The Morgan fingerprint density at radius 1 is 1.50 bits per heavy atom. The van der Waals surface area contributed by atoms with Crippen LogP contribution in [0.25, 0.3) is 6.08 Å². The van der Waals surface area contributed by atoms with Gasteiger partial charge in [-0.15, -0.1) is 0 Å². The summed E-state index contributed by atoms with van der Waals surface area (Å²) in [7, 11) is 0. The first-order valence-electron chi connectivity index (χ1n) is 3.77. The molecule has 4 nitrogen and oxygen atoms in total. The van der Waals surface area contributed by atoms with Crippen LogP contribution in [0.3, 0.4) is 0 Å². The molecule has 14 heavy (non-hydrogen) atoms. The average molecular weight is 189 g/mol. The summed E-state index contributed by atoms with van der Waals surface area (Å²) in [4.78, 5) is 10.5. The number of aromatic carboxylic acids is 1. The fourth-order valence-corrected chi connectivity index (χ4v) is 0.945. The Bertz CT molecular complexity index is 429. The average Bonchev–Trinajstić information content (AvgIpc) is 2.15. The number of nitrogens with zero attached hydrogens (tertiary/aromatic N) is 1. The Balaban J connectivity index is 3.09. The van der Waals surface area contributed by atoms with Crippen molar-refractivity contribution in [2.75, 3.05) is 0 Å². The van der Waals surface area contributed by atoms with Gasteiger partial charge in [-0.3, -0.25) is 0 Å². The van der Waals surface area contributed by atoms with Crippen LogP contribution >= 0.6 is 0 Å². The highest BCUT2D eigenvalue weighted by molar-refractivity contribution is 5.88. The van der Waals surface area contributed by atoms with Crippen LogP contribution < -0.4 is 0 Å². The maximum Gasteiger partial charge on any atom is 0.335 e. The zero-order chi connectivity index (χ0) is 10.6. The van der Waals surface area contributed by atoms with E-state index in [9.17, 15) is 9.90 Å². The lowest BCUT2D eigenvalue weighted by Crippen LogP contribution is -1.95. The van der Waals surface area contributed by atoms with Crippen LogP contribution in [-0.4, -0.2) is 16.2 Å². The second-order valence-corrected chi connectivity index (χ2v) is 2.54. The van der Waals surface area contributed by atoms with Crippen molar-refractivity contribution in [3.8, 4) is 11.8 Å². The topological polar surface area (TPSA) is 81.3 Å². The summed E-state index contributed by atoms with van der Waals surface area (Å²) in [6.07, 6.45) is 2.61. The minimum absolute atomic E-state index is 0.0107. The first-order chi connectivity index (χ1) is 6.65. The number of rotatable bonds is 2. The van der Waals surface area contributed by atoms with Gasteiger partial charge in [-0.05, 0) is 18.2 Å². The van der Waals surface area contributed by atoms with Crippen LogP contribution in [-0.2, 0) is 0 Å². The SMILES string of the molecule is N#CC=Cc1ccc(C(=O)O)cc1O. The van der Waals surface area contributed by atoms with Crippen LogP contribution in [0.5, 0.6) is 5.75 Å². The summed E-state index contributed by atoms with van der Waals surface area (Å²) in [6, 6.07) is 5.71. The number of carboxylic acid groups (broad SMARTS) is 1. The largest absolute Gasteiger partial charge is 0.507 e. The molecule has 0 bridgehead atoms. The molecule has 2 N–H and O–H groups in total. The van der Waals surface area contributed by atoms with Crippen molar-refractivity contribution < 1.29 is 15.0 Å². The zero-order valence-electron chi connectivity index (χ0n) is 7.14. The van der Waals surface area contributed by atoms with E-state index in [-0.39, 0.29) is 11.3 Å². The normalized spacial score (nSPS) is 9.93. The number of carbonyl (C=O) groups is 1. The molecule has 0 heterocycles. The number of carboxylic acids is 1. The third-order valence-corrected chi connectivity index (χ3v) is 1.61. The molecule has 1 aromatic carbocycles. The maximum absolute atomic E-state index is 10.5. The van der Waals surface area contributed by atoms with Crippen LogP contribution in [0.15, 0.2) is 24.3 Å². The van der Waals surface area contributed by atoms with E-state index in [1.54, 1.807) is 6.07 Å². The van der Waals surface area contributed by atoms with E-state index in [0.717, 1.165) is 6.07 Å². The fourth-order valence-electron chi connectivity index (χ4n) is 0.945. The Morgan fingerprint density at radius 3 is 2.71 bits per heavy atom. The molecule has 0 amide bonds. The summed E-state index contributed by atoms with van der Waals surface area (Å²) in [5.74, 6) is -1.26. The molecule has 0 fully saturated rings. The van der Waals surface area contributed by atoms with Crippen molar-refractivity contribution in [3.63, 3.8) is 0 Å². The van der Waals surface area contributed by atoms with Gasteiger partial charge in [-0.25, -0.2) is 4.79 Å². The molecule has 0 saturated heterocycles. The van der Waals surface area contributed by atoms with Gasteiger partial charge in [0.05, 0.1) is 11.6 Å². The van der Waals surface area contributed by atoms with Gasteiger partial charge in [0, 0.05) is 11.6 Å². The molecule has 1 rings (SSSR count). The Hall–Kier alpha value is -2.28. The molecule has 0 aromatic heterocycles. The smallest absolute Gasteiger partial charge is 0.335 e. The monoisotopic (exact) mass is 189 g/mol. The molecule has 1 aromatic rings. The van der Waals surface area contributed by atoms with E-state index in [0.29, 0.717) is 5.56 Å². The van der Waals surface area contributed by atoms with Gasteiger partial charge >= 0.3 is 5.97 Å². The van der Waals surface area contributed by atoms with Crippen molar-refractivity contribution in [3.05, 3.63) is 35.4 Å². The number of phenols is 1. The van der Waals surface area contributed by atoms with E-state index in [1.165, 1.54) is 24.3 Å². The minimum Gasteiger partial charge on any atom is -0.507 e. The van der Waals surface area contributed by atoms with E-state index in [4.69, 9.17) is 10.4 Å². The molecular weight excluding hydrogens is 182 g/mol. The lowest BCUT2D eigenvalue weighted by molar-refractivity contribution is 0.0696. The number of phenolic OH excluding ortho intramolecular Hbond substituents is 1. The molecule has 0 spiro atoms. The Kier molecular flexibility index (Phi) is 2.87. The number of allylic oxidation sites excluding steroid dienone is 1. The predicted octanol–water partition coefficient (Wildman–Crippen LogP) is 1.63. The maximum atomic E-state index is 10.5. The third kappa shape index (κ3) is 2.11. The fraction of sp³-hybridized carbons (Fsp3) is 0. The van der Waals surface area contributed by atoms with E-state index < -0.39 is 5.97 Å². The summed E-state index contributed by atoms with van der Waals surface area (Å²) in [5, 5.41) is 26.2. The number of benzene rings is 1.